The number of benzene rings is 1. The average Bonchev–Trinajstić information content (AvgIpc) is 3.55. The number of aryl methyl sites for hydroxylation is 2. The monoisotopic (exact) mass is 469 g/mol. The lowest BCUT2D eigenvalue weighted by molar-refractivity contribution is 0.0600. The summed E-state index contributed by atoms with van der Waals surface area (Å²) in [6, 6.07) is 13.6. The molecule has 6 heteroatoms. The van der Waals surface area contributed by atoms with Gasteiger partial charge in [0.1, 0.15) is 11.6 Å². The minimum Gasteiger partial charge on any atom is -0.465 e. The Kier molecular flexibility index (Phi) is 6.79. The molecule has 6 nitrogen and oxygen atoms in total. The molecular weight excluding hydrogens is 438 g/mol. The van der Waals surface area contributed by atoms with Crippen molar-refractivity contribution in [3.8, 4) is 11.8 Å². The van der Waals surface area contributed by atoms with E-state index in [1.54, 1.807) is 18.2 Å². The van der Waals surface area contributed by atoms with Crippen LogP contribution in [0.4, 0.5) is 0 Å². The highest BCUT2D eigenvalue weighted by molar-refractivity contribution is 6.14. The first-order chi connectivity index (χ1) is 16.8. The highest BCUT2D eigenvalue weighted by atomic mass is 16.5. The first-order valence-corrected chi connectivity index (χ1v) is 12.0. The summed E-state index contributed by atoms with van der Waals surface area (Å²) in [6.07, 6.45) is 6.39. The van der Waals surface area contributed by atoms with Crippen molar-refractivity contribution in [3.05, 3.63) is 81.4 Å². The van der Waals surface area contributed by atoms with Crippen LogP contribution in [0.1, 0.15) is 80.8 Å². The predicted octanol–water partition coefficient (Wildman–Crippen LogP) is 6.20. The molecule has 1 saturated carbocycles. The summed E-state index contributed by atoms with van der Waals surface area (Å²) in [5.74, 6) is -0.623. The number of nitriles is 1. The molecule has 0 bridgehead atoms. The largest absolute Gasteiger partial charge is 0.465 e. The lowest BCUT2D eigenvalue weighted by Gasteiger charge is -2.17. The quantitative estimate of drug-likeness (QED) is 0.186. The molecule has 1 aliphatic carbocycles. The molecule has 0 aliphatic heterocycles. The van der Waals surface area contributed by atoms with E-state index in [4.69, 9.17) is 4.74 Å². The van der Waals surface area contributed by atoms with Crippen LogP contribution in [-0.4, -0.2) is 28.0 Å². The van der Waals surface area contributed by atoms with Gasteiger partial charge in [-0.1, -0.05) is 12.8 Å². The number of carbonyl (C=O) groups excluding carboxylic acids is 2. The van der Waals surface area contributed by atoms with E-state index in [9.17, 15) is 14.9 Å². The van der Waals surface area contributed by atoms with E-state index in [0.717, 1.165) is 46.9 Å². The van der Waals surface area contributed by atoms with Crippen LogP contribution in [0.25, 0.3) is 11.8 Å². The first kappa shape index (κ1) is 24.3. The zero-order valence-electron chi connectivity index (χ0n) is 21.0. The molecule has 35 heavy (non-hydrogen) atoms. The van der Waals surface area contributed by atoms with Crippen molar-refractivity contribution in [2.75, 3.05) is 7.11 Å². The highest BCUT2D eigenvalue weighted by Crippen LogP contribution is 2.34. The van der Waals surface area contributed by atoms with Gasteiger partial charge in [0.2, 0.25) is 5.78 Å². The third-order valence-corrected chi connectivity index (χ3v) is 7.10. The topological polar surface area (TPSA) is 77.0 Å². The molecule has 0 saturated heterocycles. The summed E-state index contributed by atoms with van der Waals surface area (Å²) < 4.78 is 9.09. The van der Waals surface area contributed by atoms with Gasteiger partial charge in [-0.3, -0.25) is 4.79 Å². The maximum absolute atomic E-state index is 13.4. The third kappa shape index (κ3) is 4.46. The molecular formula is C29H31N3O3. The second-order valence-corrected chi connectivity index (χ2v) is 9.29. The number of esters is 1. The molecule has 0 spiro atoms. The number of allylic oxidation sites excluding steroid dienone is 1. The Balaban J connectivity index is 1.68. The molecule has 4 rings (SSSR count). The zero-order chi connectivity index (χ0) is 25.3. The summed E-state index contributed by atoms with van der Waals surface area (Å²) in [4.78, 5) is 25.2. The normalized spacial score (nSPS) is 14.2. The number of hydrogen-bond donors (Lipinski definition) is 0. The Morgan fingerprint density at radius 3 is 2.26 bits per heavy atom. The highest BCUT2D eigenvalue weighted by Gasteiger charge is 2.25. The molecule has 0 amide bonds. The molecule has 2 heterocycles. The number of hydrogen-bond acceptors (Lipinski definition) is 4. The summed E-state index contributed by atoms with van der Waals surface area (Å²) >= 11 is 0. The van der Waals surface area contributed by atoms with Crippen LogP contribution in [0.3, 0.4) is 0 Å². The second kappa shape index (κ2) is 9.79. The lowest BCUT2D eigenvalue weighted by Crippen LogP contribution is -2.10. The number of carbonyl (C=O) groups is 2. The summed E-state index contributed by atoms with van der Waals surface area (Å²) in [5, 5.41) is 9.89. The van der Waals surface area contributed by atoms with Gasteiger partial charge >= 0.3 is 5.97 Å². The molecule has 3 aromatic rings. The van der Waals surface area contributed by atoms with Gasteiger partial charge in [-0.15, -0.1) is 0 Å². The van der Waals surface area contributed by atoms with Crippen LogP contribution in [0, 0.1) is 39.0 Å². The number of rotatable bonds is 6. The van der Waals surface area contributed by atoms with Crippen LogP contribution in [0.15, 0.2) is 42.0 Å². The zero-order valence-corrected chi connectivity index (χ0v) is 21.0. The minimum absolute atomic E-state index is 0.123. The van der Waals surface area contributed by atoms with Gasteiger partial charge < -0.3 is 13.9 Å². The van der Waals surface area contributed by atoms with E-state index in [2.05, 4.69) is 10.6 Å². The van der Waals surface area contributed by atoms with Gasteiger partial charge in [0.15, 0.2) is 0 Å². The Bertz CT molecular complexity index is 1360. The first-order valence-electron chi connectivity index (χ1n) is 12.0. The smallest absolute Gasteiger partial charge is 0.337 e. The van der Waals surface area contributed by atoms with Crippen molar-refractivity contribution in [3.63, 3.8) is 0 Å². The Morgan fingerprint density at radius 2 is 1.66 bits per heavy atom. The fourth-order valence-corrected chi connectivity index (χ4v) is 5.38. The van der Waals surface area contributed by atoms with Crippen molar-refractivity contribution in [2.24, 2.45) is 0 Å². The molecule has 0 radical (unpaired) electrons. The van der Waals surface area contributed by atoms with Gasteiger partial charge in [-0.2, -0.15) is 5.26 Å². The Morgan fingerprint density at radius 1 is 1.00 bits per heavy atom. The molecule has 1 aliphatic rings. The number of nitrogens with zero attached hydrogens (tertiary/aromatic N) is 3. The fourth-order valence-electron chi connectivity index (χ4n) is 5.38. The minimum atomic E-state index is -0.384. The van der Waals surface area contributed by atoms with Gasteiger partial charge in [-0.25, -0.2) is 4.79 Å². The molecule has 1 aromatic carbocycles. The van der Waals surface area contributed by atoms with E-state index >= 15 is 0 Å². The van der Waals surface area contributed by atoms with Crippen molar-refractivity contribution >= 4 is 17.8 Å². The number of Topliss-reactive ketones (excluding diaryl/α,β-unsaturated/α-hetero) is 1. The number of methoxy groups -OCH3 is 1. The molecule has 180 valence electrons. The van der Waals surface area contributed by atoms with E-state index in [1.807, 2.05) is 56.5 Å². The summed E-state index contributed by atoms with van der Waals surface area (Å²) in [6.45, 7) is 7.95. The van der Waals surface area contributed by atoms with Crippen LogP contribution in [-0.2, 0) is 4.74 Å². The predicted molar refractivity (Wildman–Crippen MR) is 136 cm³/mol. The standard InChI is InChI=1S/C29H31N3O3/c1-18-14-23(20(3)31(18)26-12-10-22(11-13-26)29(34)35-5)16-24(17-30)28(33)27-15-19(2)32(21(27)4)25-8-6-7-9-25/h10-16,25H,6-9H2,1-5H3/b24-16+. The van der Waals surface area contributed by atoms with Gasteiger partial charge in [0, 0.05) is 40.1 Å². The Hall–Kier alpha value is -3.85. The molecule has 0 unspecified atom stereocenters. The van der Waals surface area contributed by atoms with Crippen molar-refractivity contribution < 1.29 is 14.3 Å². The van der Waals surface area contributed by atoms with Crippen molar-refractivity contribution in [2.45, 2.75) is 59.4 Å². The van der Waals surface area contributed by atoms with Gasteiger partial charge in [0.05, 0.1) is 12.7 Å². The van der Waals surface area contributed by atoms with Gasteiger partial charge in [0.25, 0.3) is 0 Å². The van der Waals surface area contributed by atoms with Crippen LogP contribution < -0.4 is 0 Å². The average molecular weight is 470 g/mol. The van der Waals surface area contributed by atoms with Crippen molar-refractivity contribution in [1.82, 2.24) is 9.13 Å². The lowest BCUT2D eigenvalue weighted by atomic mass is 10.0. The number of ketones is 1. The number of ether oxygens (including phenoxy) is 1. The Labute approximate surface area is 206 Å². The molecule has 0 N–H and O–H groups in total. The van der Waals surface area contributed by atoms with Crippen molar-refractivity contribution in [1.29, 1.82) is 5.26 Å². The van der Waals surface area contributed by atoms with E-state index in [0.29, 0.717) is 17.2 Å². The third-order valence-electron chi connectivity index (χ3n) is 7.10. The molecule has 1 fully saturated rings. The molecule has 2 aromatic heterocycles. The fraction of sp³-hybridized carbons (Fsp3) is 0.345. The maximum atomic E-state index is 13.4. The van der Waals surface area contributed by atoms with E-state index in [-0.39, 0.29) is 17.3 Å². The summed E-state index contributed by atoms with van der Waals surface area (Å²) in [7, 11) is 1.36. The van der Waals surface area contributed by atoms with E-state index in [1.165, 1.54) is 20.0 Å². The van der Waals surface area contributed by atoms with Crippen LogP contribution in [0.5, 0.6) is 0 Å². The number of aromatic nitrogens is 2. The summed E-state index contributed by atoms with van der Waals surface area (Å²) in [5.41, 5.74) is 6.79. The molecule has 0 atom stereocenters. The second-order valence-electron chi connectivity index (χ2n) is 9.29. The van der Waals surface area contributed by atoms with E-state index < -0.39 is 0 Å². The van der Waals surface area contributed by atoms with Crippen LogP contribution >= 0.6 is 0 Å². The SMILES string of the molecule is COC(=O)c1ccc(-n2c(C)cc(/C=C(\C#N)C(=O)c3cc(C)n(C4CCCC4)c3C)c2C)cc1. The maximum Gasteiger partial charge on any atom is 0.337 e. The van der Waals surface area contributed by atoms with Gasteiger partial charge in [-0.05, 0) is 88.6 Å². The van der Waals surface area contributed by atoms with Crippen LogP contribution in [0.2, 0.25) is 0 Å².